The minimum Gasteiger partial charge on any atom is -0.466 e. The maximum Gasteiger partial charge on any atom is 0.306 e. The summed E-state index contributed by atoms with van der Waals surface area (Å²) in [5, 5.41) is 0. The molecule has 0 heterocycles. The number of hydrogen-bond acceptors (Lipinski definition) is 2. The van der Waals surface area contributed by atoms with Crippen LogP contribution in [-0.4, -0.2) is 12.6 Å². The summed E-state index contributed by atoms with van der Waals surface area (Å²) in [4.78, 5) is 11.7. The van der Waals surface area contributed by atoms with Gasteiger partial charge in [-0.25, -0.2) is 0 Å². The topological polar surface area (TPSA) is 26.3 Å². The summed E-state index contributed by atoms with van der Waals surface area (Å²) < 4.78 is 5.14. The Balaban J connectivity index is 1.71. The maximum absolute atomic E-state index is 11.7. The molecule has 90 valence electrons. The summed E-state index contributed by atoms with van der Waals surface area (Å²) in [5.74, 6) is 2.84. The number of rotatable bonds is 3. The Morgan fingerprint density at radius 3 is 2.06 bits per heavy atom. The largest absolute Gasteiger partial charge is 0.466 e. The van der Waals surface area contributed by atoms with E-state index in [0.29, 0.717) is 18.4 Å². The molecule has 0 radical (unpaired) electrons. The van der Waals surface area contributed by atoms with Crippen LogP contribution in [0.25, 0.3) is 0 Å². The van der Waals surface area contributed by atoms with Crippen molar-refractivity contribution in [1.82, 2.24) is 0 Å². The molecular formula is C14H22O2. The molecule has 0 aromatic heterocycles. The summed E-state index contributed by atoms with van der Waals surface area (Å²) in [6.07, 6.45) is 8.95. The molecule has 0 unspecified atom stereocenters. The van der Waals surface area contributed by atoms with Crippen LogP contribution in [0.15, 0.2) is 0 Å². The SMILES string of the molecule is CCOC(=O)CC12CC3CC(CC(C3)C1)C2. The van der Waals surface area contributed by atoms with E-state index in [1.807, 2.05) is 6.92 Å². The van der Waals surface area contributed by atoms with Crippen LogP contribution >= 0.6 is 0 Å². The van der Waals surface area contributed by atoms with Crippen LogP contribution in [0, 0.1) is 23.2 Å². The Morgan fingerprint density at radius 1 is 1.12 bits per heavy atom. The number of carbonyl (C=O) groups is 1. The van der Waals surface area contributed by atoms with Crippen LogP contribution in [0.4, 0.5) is 0 Å². The van der Waals surface area contributed by atoms with Crippen molar-refractivity contribution in [2.24, 2.45) is 23.2 Å². The summed E-state index contributed by atoms with van der Waals surface area (Å²) in [6, 6.07) is 0. The van der Waals surface area contributed by atoms with E-state index in [9.17, 15) is 4.79 Å². The third-order valence-corrected chi connectivity index (χ3v) is 4.99. The fraction of sp³-hybridized carbons (Fsp3) is 0.929. The van der Waals surface area contributed by atoms with Crippen molar-refractivity contribution in [2.45, 2.75) is 51.9 Å². The van der Waals surface area contributed by atoms with Gasteiger partial charge in [0.05, 0.1) is 13.0 Å². The Labute approximate surface area is 97.7 Å². The molecule has 2 heteroatoms. The van der Waals surface area contributed by atoms with Gasteiger partial charge in [-0.1, -0.05) is 0 Å². The Bertz CT molecular complexity index is 260. The van der Waals surface area contributed by atoms with Gasteiger partial charge in [-0.3, -0.25) is 4.79 Å². The molecule has 4 aliphatic carbocycles. The van der Waals surface area contributed by atoms with E-state index >= 15 is 0 Å². The molecule has 2 nitrogen and oxygen atoms in total. The van der Waals surface area contributed by atoms with Gasteiger partial charge in [0, 0.05) is 0 Å². The lowest BCUT2D eigenvalue weighted by Gasteiger charge is -2.56. The zero-order chi connectivity index (χ0) is 11.2. The predicted molar refractivity (Wildman–Crippen MR) is 61.9 cm³/mol. The molecule has 0 aromatic rings. The lowest BCUT2D eigenvalue weighted by Crippen LogP contribution is -2.47. The Hall–Kier alpha value is -0.530. The molecule has 0 N–H and O–H groups in total. The van der Waals surface area contributed by atoms with Gasteiger partial charge in [0.15, 0.2) is 0 Å². The first-order valence-electron chi connectivity index (χ1n) is 6.85. The van der Waals surface area contributed by atoms with Crippen molar-refractivity contribution in [3.05, 3.63) is 0 Å². The highest BCUT2D eigenvalue weighted by Crippen LogP contribution is 2.61. The quantitative estimate of drug-likeness (QED) is 0.686. The molecular weight excluding hydrogens is 200 g/mol. The molecule has 0 aliphatic heterocycles. The summed E-state index contributed by atoms with van der Waals surface area (Å²) in [6.45, 7) is 2.43. The van der Waals surface area contributed by atoms with Crippen LogP contribution in [0.5, 0.6) is 0 Å². The molecule has 0 spiro atoms. The third kappa shape index (κ3) is 1.76. The third-order valence-electron chi connectivity index (χ3n) is 4.99. The van der Waals surface area contributed by atoms with Crippen LogP contribution in [0.1, 0.15) is 51.9 Å². The molecule has 4 bridgehead atoms. The Morgan fingerprint density at radius 2 is 1.62 bits per heavy atom. The second-order valence-electron chi connectivity index (χ2n) is 6.40. The first-order valence-corrected chi connectivity index (χ1v) is 6.85. The van der Waals surface area contributed by atoms with Crippen LogP contribution in [-0.2, 0) is 9.53 Å². The van der Waals surface area contributed by atoms with E-state index in [1.165, 1.54) is 38.5 Å². The van der Waals surface area contributed by atoms with Gasteiger partial charge in [-0.15, -0.1) is 0 Å². The van der Waals surface area contributed by atoms with Gasteiger partial charge in [0.1, 0.15) is 0 Å². The average molecular weight is 222 g/mol. The molecule has 4 fully saturated rings. The van der Waals surface area contributed by atoms with Gasteiger partial charge in [-0.2, -0.15) is 0 Å². The molecule has 0 saturated heterocycles. The first kappa shape index (κ1) is 10.6. The fourth-order valence-electron chi connectivity index (χ4n) is 5.02. The van der Waals surface area contributed by atoms with Crippen LogP contribution in [0.2, 0.25) is 0 Å². The summed E-state index contributed by atoms with van der Waals surface area (Å²) >= 11 is 0. The van der Waals surface area contributed by atoms with Crippen molar-refractivity contribution >= 4 is 5.97 Å². The Kier molecular flexibility index (Phi) is 2.49. The zero-order valence-electron chi connectivity index (χ0n) is 10.2. The van der Waals surface area contributed by atoms with E-state index in [2.05, 4.69) is 0 Å². The molecule has 16 heavy (non-hydrogen) atoms. The standard InChI is InChI=1S/C14H22O2/c1-2-16-13(15)9-14-6-10-3-11(7-14)5-12(4-10)8-14/h10-12H,2-9H2,1H3. The van der Waals surface area contributed by atoms with Crippen molar-refractivity contribution in [3.8, 4) is 0 Å². The van der Waals surface area contributed by atoms with Gasteiger partial charge < -0.3 is 4.74 Å². The minimum atomic E-state index is 0.0458. The number of esters is 1. The number of hydrogen-bond donors (Lipinski definition) is 0. The fourth-order valence-corrected chi connectivity index (χ4v) is 5.02. The second-order valence-corrected chi connectivity index (χ2v) is 6.40. The normalized spacial score (nSPS) is 44.7. The van der Waals surface area contributed by atoms with Crippen molar-refractivity contribution < 1.29 is 9.53 Å². The molecule has 0 aromatic carbocycles. The molecule has 0 atom stereocenters. The molecule has 4 rings (SSSR count). The highest BCUT2D eigenvalue weighted by molar-refractivity contribution is 5.70. The smallest absolute Gasteiger partial charge is 0.306 e. The van der Waals surface area contributed by atoms with Crippen molar-refractivity contribution in [2.75, 3.05) is 6.61 Å². The first-order chi connectivity index (χ1) is 7.69. The number of ether oxygens (including phenoxy) is 1. The van der Waals surface area contributed by atoms with Gasteiger partial charge >= 0.3 is 5.97 Å². The van der Waals surface area contributed by atoms with E-state index in [4.69, 9.17) is 4.74 Å². The maximum atomic E-state index is 11.7. The van der Waals surface area contributed by atoms with E-state index < -0.39 is 0 Å². The average Bonchev–Trinajstić information content (AvgIpc) is 2.13. The molecule has 4 saturated carbocycles. The summed E-state index contributed by atoms with van der Waals surface area (Å²) in [5.41, 5.74) is 0.348. The molecule has 0 amide bonds. The van der Waals surface area contributed by atoms with Gasteiger partial charge in [-0.05, 0) is 68.6 Å². The lowest BCUT2D eigenvalue weighted by atomic mass is 9.49. The number of carbonyl (C=O) groups excluding carboxylic acids is 1. The van der Waals surface area contributed by atoms with Crippen molar-refractivity contribution in [1.29, 1.82) is 0 Å². The van der Waals surface area contributed by atoms with Crippen LogP contribution in [0.3, 0.4) is 0 Å². The van der Waals surface area contributed by atoms with E-state index in [1.54, 1.807) is 0 Å². The second kappa shape index (κ2) is 3.75. The van der Waals surface area contributed by atoms with Gasteiger partial charge in [0.25, 0.3) is 0 Å². The summed E-state index contributed by atoms with van der Waals surface area (Å²) in [7, 11) is 0. The monoisotopic (exact) mass is 222 g/mol. The zero-order valence-corrected chi connectivity index (χ0v) is 10.2. The highest BCUT2D eigenvalue weighted by atomic mass is 16.5. The molecule has 4 aliphatic rings. The lowest BCUT2D eigenvalue weighted by molar-refractivity contribution is -0.151. The van der Waals surface area contributed by atoms with Crippen LogP contribution < -0.4 is 0 Å². The predicted octanol–water partition coefficient (Wildman–Crippen LogP) is 3.16. The van der Waals surface area contributed by atoms with E-state index in [-0.39, 0.29) is 5.97 Å². The van der Waals surface area contributed by atoms with Crippen molar-refractivity contribution in [3.63, 3.8) is 0 Å². The minimum absolute atomic E-state index is 0.0458. The highest BCUT2D eigenvalue weighted by Gasteiger charge is 2.51. The van der Waals surface area contributed by atoms with Gasteiger partial charge in [0.2, 0.25) is 0 Å². The van der Waals surface area contributed by atoms with E-state index in [0.717, 1.165) is 17.8 Å².